The monoisotopic (exact) mass is 296 g/mol. The third-order valence-electron chi connectivity index (χ3n) is 5.09. The molecule has 3 aliphatic heterocycles. The number of nitrogens with two attached hydrogens (primary N) is 1. The van der Waals surface area contributed by atoms with E-state index in [-0.39, 0.29) is 24.0 Å². The maximum absolute atomic E-state index is 12.7. The van der Waals surface area contributed by atoms with E-state index in [1.165, 1.54) is 0 Å². The standard InChI is InChI=1S/C14H24N4O3/c1-14(9-21-8-11(14)15)12(19)17-5-2-10(3-6-17)18-7-4-16-13(18)20/h10-11H,2-9,15H2,1H3,(H,16,20). The van der Waals surface area contributed by atoms with E-state index in [1.54, 1.807) is 0 Å². The molecule has 0 aromatic carbocycles. The zero-order chi connectivity index (χ0) is 15.0. The zero-order valence-electron chi connectivity index (χ0n) is 12.5. The molecule has 7 heteroatoms. The summed E-state index contributed by atoms with van der Waals surface area (Å²) < 4.78 is 5.37. The van der Waals surface area contributed by atoms with Crippen molar-refractivity contribution in [1.82, 2.24) is 15.1 Å². The summed E-state index contributed by atoms with van der Waals surface area (Å²) >= 11 is 0. The van der Waals surface area contributed by atoms with Crippen molar-refractivity contribution in [1.29, 1.82) is 0 Å². The molecule has 0 aromatic rings. The highest BCUT2D eigenvalue weighted by molar-refractivity contribution is 5.84. The number of likely N-dealkylation sites (tertiary alicyclic amines) is 1. The van der Waals surface area contributed by atoms with Crippen LogP contribution in [0, 0.1) is 5.41 Å². The van der Waals surface area contributed by atoms with Gasteiger partial charge >= 0.3 is 6.03 Å². The number of rotatable bonds is 2. The van der Waals surface area contributed by atoms with Gasteiger partial charge in [0.05, 0.1) is 18.6 Å². The Morgan fingerprint density at radius 1 is 1.38 bits per heavy atom. The Balaban J connectivity index is 1.58. The molecule has 0 bridgehead atoms. The molecule has 0 spiro atoms. The van der Waals surface area contributed by atoms with E-state index in [4.69, 9.17) is 10.5 Å². The molecule has 3 fully saturated rings. The first-order valence-corrected chi connectivity index (χ1v) is 7.69. The Morgan fingerprint density at radius 2 is 2.10 bits per heavy atom. The van der Waals surface area contributed by atoms with E-state index in [0.29, 0.717) is 26.3 Å². The molecule has 3 heterocycles. The lowest BCUT2D eigenvalue weighted by Gasteiger charge is -2.39. The largest absolute Gasteiger partial charge is 0.379 e. The van der Waals surface area contributed by atoms with Gasteiger partial charge in [-0.25, -0.2) is 4.79 Å². The molecule has 2 atom stereocenters. The number of hydrogen-bond donors (Lipinski definition) is 2. The van der Waals surface area contributed by atoms with E-state index >= 15 is 0 Å². The molecule has 3 saturated heterocycles. The van der Waals surface area contributed by atoms with E-state index in [1.807, 2.05) is 16.7 Å². The molecule has 3 rings (SSSR count). The summed E-state index contributed by atoms with van der Waals surface area (Å²) in [7, 11) is 0. The first kappa shape index (κ1) is 14.6. The number of carbonyl (C=O) groups is 2. The molecule has 0 radical (unpaired) electrons. The van der Waals surface area contributed by atoms with Crippen LogP contribution < -0.4 is 11.1 Å². The summed E-state index contributed by atoms with van der Waals surface area (Å²) in [6.45, 7) is 5.63. The second kappa shape index (κ2) is 5.46. The van der Waals surface area contributed by atoms with Crippen LogP contribution in [0.4, 0.5) is 4.79 Å². The highest BCUT2D eigenvalue weighted by Crippen LogP contribution is 2.31. The molecule has 3 N–H and O–H groups in total. The Kier molecular flexibility index (Phi) is 3.79. The van der Waals surface area contributed by atoms with Gasteiger partial charge in [-0.3, -0.25) is 4.79 Å². The minimum atomic E-state index is -0.599. The Bertz CT molecular complexity index is 436. The smallest absolute Gasteiger partial charge is 0.317 e. The van der Waals surface area contributed by atoms with Crippen LogP contribution in [0.5, 0.6) is 0 Å². The number of nitrogens with one attached hydrogen (secondary N) is 1. The van der Waals surface area contributed by atoms with Crippen molar-refractivity contribution in [2.75, 3.05) is 39.4 Å². The first-order chi connectivity index (χ1) is 10.0. The lowest BCUT2D eigenvalue weighted by molar-refractivity contribution is -0.143. The molecular formula is C14H24N4O3. The molecular weight excluding hydrogens is 272 g/mol. The van der Waals surface area contributed by atoms with E-state index in [0.717, 1.165) is 25.9 Å². The molecule has 3 aliphatic rings. The van der Waals surface area contributed by atoms with Gasteiger partial charge in [0.25, 0.3) is 0 Å². The molecule has 21 heavy (non-hydrogen) atoms. The van der Waals surface area contributed by atoms with Crippen molar-refractivity contribution < 1.29 is 14.3 Å². The van der Waals surface area contributed by atoms with Crippen LogP contribution in [0.1, 0.15) is 19.8 Å². The summed E-state index contributed by atoms with van der Waals surface area (Å²) in [4.78, 5) is 28.2. The van der Waals surface area contributed by atoms with Crippen LogP contribution in [-0.4, -0.2) is 73.2 Å². The number of urea groups is 1. The molecule has 118 valence electrons. The van der Waals surface area contributed by atoms with E-state index < -0.39 is 5.41 Å². The molecule has 0 saturated carbocycles. The van der Waals surface area contributed by atoms with Crippen LogP contribution in [0.15, 0.2) is 0 Å². The third kappa shape index (κ3) is 2.48. The molecule has 0 aromatic heterocycles. The number of nitrogens with zero attached hydrogens (tertiary/aromatic N) is 2. The minimum Gasteiger partial charge on any atom is -0.379 e. The van der Waals surface area contributed by atoms with Crippen LogP contribution in [0.25, 0.3) is 0 Å². The second-order valence-electron chi connectivity index (χ2n) is 6.49. The quantitative estimate of drug-likeness (QED) is 0.710. The van der Waals surface area contributed by atoms with Crippen LogP contribution in [0.2, 0.25) is 0 Å². The van der Waals surface area contributed by atoms with Crippen molar-refractivity contribution in [2.45, 2.75) is 31.8 Å². The lowest BCUT2D eigenvalue weighted by atomic mass is 9.83. The van der Waals surface area contributed by atoms with Gasteiger partial charge < -0.3 is 25.6 Å². The topological polar surface area (TPSA) is 87.9 Å². The normalized spacial score (nSPS) is 34.4. The summed E-state index contributed by atoms with van der Waals surface area (Å²) in [5, 5.41) is 2.83. The van der Waals surface area contributed by atoms with Gasteiger partial charge in [0.15, 0.2) is 0 Å². The van der Waals surface area contributed by atoms with Gasteiger partial charge in [0.1, 0.15) is 0 Å². The molecule has 7 nitrogen and oxygen atoms in total. The predicted octanol–water partition coefficient (Wildman–Crippen LogP) is -0.634. The van der Waals surface area contributed by atoms with Crippen LogP contribution >= 0.6 is 0 Å². The molecule has 3 amide bonds. The second-order valence-corrected chi connectivity index (χ2v) is 6.49. The van der Waals surface area contributed by atoms with Crippen molar-refractivity contribution in [3.63, 3.8) is 0 Å². The van der Waals surface area contributed by atoms with E-state index in [2.05, 4.69) is 5.32 Å². The van der Waals surface area contributed by atoms with Gasteiger partial charge in [-0.1, -0.05) is 0 Å². The van der Waals surface area contributed by atoms with Gasteiger partial charge in [-0.2, -0.15) is 0 Å². The fourth-order valence-electron chi connectivity index (χ4n) is 3.49. The highest BCUT2D eigenvalue weighted by atomic mass is 16.5. The summed E-state index contributed by atoms with van der Waals surface area (Å²) in [6, 6.07) is 0.0443. The van der Waals surface area contributed by atoms with Crippen molar-refractivity contribution in [2.24, 2.45) is 11.1 Å². The van der Waals surface area contributed by atoms with Crippen molar-refractivity contribution >= 4 is 11.9 Å². The first-order valence-electron chi connectivity index (χ1n) is 7.69. The maximum atomic E-state index is 12.7. The number of carbonyl (C=O) groups excluding carboxylic acids is 2. The zero-order valence-corrected chi connectivity index (χ0v) is 12.5. The third-order valence-corrected chi connectivity index (χ3v) is 5.09. The minimum absolute atomic E-state index is 0.0259. The van der Waals surface area contributed by atoms with Crippen LogP contribution in [-0.2, 0) is 9.53 Å². The summed E-state index contributed by atoms with van der Waals surface area (Å²) in [5.74, 6) is 0.0943. The average molecular weight is 296 g/mol. The fraction of sp³-hybridized carbons (Fsp3) is 0.857. The number of amides is 3. The summed E-state index contributed by atoms with van der Waals surface area (Å²) in [6.07, 6.45) is 1.68. The fourth-order valence-corrected chi connectivity index (χ4v) is 3.49. The lowest BCUT2D eigenvalue weighted by Crippen LogP contribution is -2.55. The van der Waals surface area contributed by atoms with Gasteiger partial charge in [-0.05, 0) is 19.8 Å². The Morgan fingerprint density at radius 3 is 2.62 bits per heavy atom. The van der Waals surface area contributed by atoms with Gasteiger partial charge in [-0.15, -0.1) is 0 Å². The van der Waals surface area contributed by atoms with Gasteiger partial charge in [0, 0.05) is 38.3 Å². The van der Waals surface area contributed by atoms with Crippen molar-refractivity contribution in [3.8, 4) is 0 Å². The number of piperidine rings is 1. The number of hydrogen-bond acceptors (Lipinski definition) is 4. The van der Waals surface area contributed by atoms with Crippen LogP contribution in [0.3, 0.4) is 0 Å². The van der Waals surface area contributed by atoms with Crippen molar-refractivity contribution in [3.05, 3.63) is 0 Å². The molecule has 2 unspecified atom stereocenters. The Labute approximate surface area is 124 Å². The average Bonchev–Trinajstić information content (AvgIpc) is 3.06. The predicted molar refractivity (Wildman–Crippen MR) is 76.6 cm³/mol. The molecule has 0 aliphatic carbocycles. The van der Waals surface area contributed by atoms with E-state index in [9.17, 15) is 9.59 Å². The highest BCUT2D eigenvalue weighted by Gasteiger charge is 2.47. The SMILES string of the molecule is CC1(C(=O)N2CCC(N3CCNC3=O)CC2)COCC1N. The Hall–Kier alpha value is -1.34. The number of ether oxygens (including phenoxy) is 1. The summed E-state index contributed by atoms with van der Waals surface area (Å²) in [5.41, 5.74) is 5.43. The maximum Gasteiger partial charge on any atom is 0.317 e. The van der Waals surface area contributed by atoms with Gasteiger partial charge in [0.2, 0.25) is 5.91 Å².